The standard InChI is InChI=1S/C68H82O10/c1-4-7-10-20-45-72-55-33-25-51(26-34-55)52-27-35-56(36-28-52)75-48-23-18-16-14-13-15-17-19-24-65(69)78-66-63-49-59(76-67(70)53-29-37-57(38-30-53)73-46-21-11-8-5-2)41-43-61(63)62-44-42-60(50-64(62)66)77-68(71)54-31-39-58(40-32-54)74-47-22-12-9-6-3/h25-44,49-50,66H,4-24,45-48H2,1-3H3. The number of carbonyl (C=O) groups is 3. The third-order valence-electron chi connectivity index (χ3n) is 14.1. The number of ether oxygens (including phenoxy) is 7. The molecule has 6 aromatic carbocycles. The summed E-state index contributed by atoms with van der Waals surface area (Å²) in [5, 5.41) is 0. The first-order chi connectivity index (χ1) is 38.3. The summed E-state index contributed by atoms with van der Waals surface area (Å²) >= 11 is 0. The van der Waals surface area contributed by atoms with Crippen LogP contribution in [-0.4, -0.2) is 44.3 Å². The van der Waals surface area contributed by atoms with Gasteiger partial charge in [0.15, 0.2) is 6.10 Å². The minimum atomic E-state index is -0.806. The van der Waals surface area contributed by atoms with E-state index in [2.05, 4.69) is 45.0 Å². The van der Waals surface area contributed by atoms with Gasteiger partial charge in [0.1, 0.15) is 34.5 Å². The molecule has 7 rings (SSSR count). The Morgan fingerprint density at radius 2 is 0.654 bits per heavy atom. The number of hydrogen-bond acceptors (Lipinski definition) is 10. The minimum Gasteiger partial charge on any atom is -0.494 e. The second-order valence-corrected chi connectivity index (χ2v) is 20.4. The topological polar surface area (TPSA) is 116 Å². The van der Waals surface area contributed by atoms with Crippen molar-refractivity contribution in [1.82, 2.24) is 0 Å². The third-order valence-corrected chi connectivity index (χ3v) is 14.1. The number of fused-ring (bicyclic) bond motifs is 3. The maximum Gasteiger partial charge on any atom is 0.343 e. The molecule has 0 atom stereocenters. The number of benzene rings is 6. The van der Waals surface area contributed by atoms with Crippen LogP contribution in [0.4, 0.5) is 0 Å². The monoisotopic (exact) mass is 1060 g/mol. The average molecular weight is 1060 g/mol. The number of esters is 3. The molecule has 10 nitrogen and oxygen atoms in total. The highest BCUT2D eigenvalue weighted by Gasteiger charge is 2.33. The Morgan fingerprint density at radius 1 is 0.346 bits per heavy atom. The molecule has 0 radical (unpaired) electrons. The van der Waals surface area contributed by atoms with Crippen molar-refractivity contribution in [3.8, 4) is 56.8 Å². The molecule has 1 aliphatic rings. The van der Waals surface area contributed by atoms with E-state index in [-0.39, 0.29) is 12.4 Å². The average Bonchev–Trinajstić information content (AvgIpc) is 4.01. The Labute approximate surface area is 464 Å². The van der Waals surface area contributed by atoms with Crippen LogP contribution in [0.2, 0.25) is 0 Å². The SMILES string of the molecule is CCCCCCOc1ccc(C(=O)Oc2ccc3c(c2)C(OC(=O)CCCCCCCCCCOc2ccc(-c4ccc(OCCCCCC)cc4)cc2)c2cc(OC(=O)c4ccc(OCCCCCC)cc4)ccc2-3)cc1. The lowest BCUT2D eigenvalue weighted by Crippen LogP contribution is -2.12. The van der Waals surface area contributed by atoms with Gasteiger partial charge in [-0.15, -0.1) is 0 Å². The highest BCUT2D eigenvalue weighted by Crippen LogP contribution is 2.48. The van der Waals surface area contributed by atoms with E-state index in [1.54, 1.807) is 72.8 Å². The summed E-state index contributed by atoms with van der Waals surface area (Å²) in [7, 11) is 0. The quantitative estimate of drug-likeness (QED) is 0.0214. The molecule has 0 aliphatic heterocycles. The van der Waals surface area contributed by atoms with Crippen molar-refractivity contribution in [1.29, 1.82) is 0 Å². The Bertz CT molecular complexity index is 2610. The molecule has 0 heterocycles. The van der Waals surface area contributed by atoms with Crippen molar-refractivity contribution < 1.29 is 47.5 Å². The van der Waals surface area contributed by atoms with Crippen molar-refractivity contribution >= 4 is 17.9 Å². The molecule has 0 unspecified atom stereocenters. The second-order valence-electron chi connectivity index (χ2n) is 20.4. The maximum atomic E-state index is 13.6. The summed E-state index contributed by atoms with van der Waals surface area (Å²) in [5.41, 5.74) is 6.12. The van der Waals surface area contributed by atoms with E-state index in [9.17, 15) is 14.4 Å². The fourth-order valence-electron chi connectivity index (χ4n) is 9.59. The highest BCUT2D eigenvalue weighted by molar-refractivity contribution is 5.92. The van der Waals surface area contributed by atoms with Crippen LogP contribution in [-0.2, 0) is 9.53 Å². The number of carbonyl (C=O) groups excluding carboxylic acids is 3. The first-order valence-electron chi connectivity index (χ1n) is 29.2. The van der Waals surface area contributed by atoms with Gasteiger partial charge in [-0.3, -0.25) is 4.79 Å². The van der Waals surface area contributed by atoms with E-state index >= 15 is 0 Å². The molecule has 10 heteroatoms. The molecule has 1 aliphatic carbocycles. The van der Waals surface area contributed by atoms with Gasteiger partial charge in [-0.2, -0.15) is 0 Å². The van der Waals surface area contributed by atoms with Gasteiger partial charge in [0.2, 0.25) is 0 Å². The van der Waals surface area contributed by atoms with Crippen LogP contribution in [0.1, 0.15) is 194 Å². The van der Waals surface area contributed by atoms with Crippen LogP contribution in [0, 0.1) is 0 Å². The molecule has 0 N–H and O–H groups in total. The van der Waals surface area contributed by atoms with Gasteiger partial charge in [-0.1, -0.05) is 153 Å². The zero-order valence-corrected chi connectivity index (χ0v) is 46.5. The van der Waals surface area contributed by atoms with Gasteiger partial charge in [0.25, 0.3) is 0 Å². The van der Waals surface area contributed by atoms with Gasteiger partial charge in [-0.25, -0.2) is 9.59 Å². The Kier molecular flexibility index (Phi) is 24.5. The second kappa shape index (κ2) is 32.6. The predicted octanol–water partition coefficient (Wildman–Crippen LogP) is 17.9. The Morgan fingerprint density at radius 3 is 1.01 bits per heavy atom. The lowest BCUT2D eigenvalue weighted by Gasteiger charge is -2.16. The van der Waals surface area contributed by atoms with E-state index in [4.69, 9.17) is 33.2 Å². The molecular formula is C68H82O10. The predicted molar refractivity (Wildman–Crippen MR) is 310 cm³/mol. The van der Waals surface area contributed by atoms with Gasteiger partial charge >= 0.3 is 17.9 Å². The molecule has 0 aromatic heterocycles. The molecule has 0 bridgehead atoms. The smallest absolute Gasteiger partial charge is 0.343 e. The largest absolute Gasteiger partial charge is 0.494 e. The molecule has 0 saturated heterocycles. The number of unbranched alkanes of at least 4 members (excludes halogenated alkanes) is 16. The maximum absolute atomic E-state index is 13.6. The van der Waals surface area contributed by atoms with Crippen molar-refractivity contribution in [3.05, 3.63) is 156 Å². The summed E-state index contributed by atoms with van der Waals surface area (Å²) in [6.45, 7) is 9.29. The molecule has 0 saturated carbocycles. The molecule has 0 amide bonds. The van der Waals surface area contributed by atoms with E-state index in [0.29, 0.717) is 71.5 Å². The zero-order valence-electron chi connectivity index (χ0n) is 46.5. The summed E-state index contributed by atoms with van der Waals surface area (Å²) < 4.78 is 41.8. The van der Waals surface area contributed by atoms with Gasteiger partial charge < -0.3 is 33.2 Å². The first-order valence-corrected chi connectivity index (χ1v) is 29.2. The fourth-order valence-corrected chi connectivity index (χ4v) is 9.59. The molecular weight excluding hydrogens is 977 g/mol. The van der Waals surface area contributed by atoms with Crippen LogP contribution in [0.25, 0.3) is 22.3 Å². The van der Waals surface area contributed by atoms with Crippen LogP contribution in [0.5, 0.6) is 34.5 Å². The molecule has 6 aromatic rings. The normalized spacial score (nSPS) is 11.6. The molecule has 78 heavy (non-hydrogen) atoms. The van der Waals surface area contributed by atoms with Crippen molar-refractivity contribution in [2.45, 2.75) is 162 Å². The Balaban J connectivity index is 0.865. The van der Waals surface area contributed by atoms with Crippen LogP contribution >= 0.6 is 0 Å². The van der Waals surface area contributed by atoms with Crippen LogP contribution in [0.3, 0.4) is 0 Å². The number of hydrogen-bond donors (Lipinski definition) is 0. The van der Waals surface area contributed by atoms with E-state index in [1.807, 2.05) is 36.4 Å². The minimum absolute atomic E-state index is 0.264. The summed E-state index contributed by atoms with van der Waals surface area (Å²) in [5.74, 6) is 2.48. The Hall–Kier alpha value is -7.07. The lowest BCUT2D eigenvalue weighted by molar-refractivity contribution is -0.147. The first kappa shape index (κ1) is 58.6. The molecule has 414 valence electrons. The van der Waals surface area contributed by atoms with Crippen LogP contribution in [0.15, 0.2) is 133 Å². The van der Waals surface area contributed by atoms with Crippen LogP contribution < -0.4 is 28.4 Å². The van der Waals surface area contributed by atoms with Crippen molar-refractivity contribution in [2.24, 2.45) is 0 Å². The lowest BCUT2D eigenvalue weighted by atomic mass is 10.1. The van der Waals surface area contributed by atoms with Gasteiger partial charge in [0, 0.05) is 17.5 Å². The van der Waals surface area contributed by atoms with Crippen molar-refractivity contribution in [2.75, 3.05) is 26.4 Å². The summed E-state index contributed by atoms with van der Waals surface area (Å²) in [4.78, 5) is 40.4. The van der Waals surface area contributed by atoms with Gasteiger partial charge in [-0.05, 0) is 151 Å². The molecule has 0 fully saturated rings. The number of rotatable bonds is 36. The third kappa shape index (κ3) is 18.8. The van der Waals surface area contributed by atoms with E-state index in [0.717, 1.165) is 130 Å². The summed E-state index contributed by atoms with van der Waals surface area (Å²) in [6.07, 6.45) is 21.3. The van der Waals surface area contributed by atoms with E-state index in [1.165, 1.54) is 32.1 Å². The summed E-state index contributed by atoms with van der Waals surface area (Å²) in [6, 6.07) is 41.3. The fraction of sp³-hybridized carbons (Fsp3) is 0.426. The highest BCUT2D eigenvalue weighted by atomic mass is 16.6. The van der Waals surface area contributed by atoms with Gasteiger partial charge in [0.05, 0.1) is 37.6 Å². The van der Waals surface area contributed by atoms with E-state index < -0.39 is 18.0 Å². The van der Waals surface area contributed by atoms with Crippen molar-refractivity contribution in [3.63, 3.8) is 0 Å². The zero-order chi connectivity index (χ0) is 54.6. The molecule has 0 spiro atoms.